The molecule has 2 aromatic carbocycles. The van der Waals surface area contributed by atoms with Gasteiger partial charge in [-0.15, -0.1) is 0 Å². The first-order valence-electron chi connectivity index (χ1n) is 11.4. The van der Waals surface area contributed by atoms with Crippen LogP contribution in [-0.2, 0) is 11.3 Å². The van der Waals surface area contributed by atoms with Gasteiger partial charge < -0.3 is 19.4 Å². The van der Waals surface area contributed by atoms with Crippen LogP contribution in [0.3, 0.4) is 0 Å². The molecule has 0 spiro atoms. The highest BCUT2D eigenvalue weighted by atomic mass is 16.5. The number of aryl methyl sites for hydroxylation is 1. The number of carbonyl (C=O) groups excluding carboxylic acids is 2. The maximum atomic E-state index is 13.6. The largest absolute Gasteiger partial charge is 0.497 e. The molecule has 1 aliphatic carbocycles. The Hall–Kier alpha value is -3.54. The number of ether oxygens (including phenoxy) is 1. The second-order valence-corrected chi connectivity index (χ2v) is 8.56. The number of nitrogens with zero attached hydrogens (tertiary/aromatic N) is 1. The fourth-order valence-corrected chi connectivity index (χ4v) is 4.32. The van der Waals surface area contributed by atoms with Crippen molar-refractivity contribution in [3.63, 3.8) is 0 Å². The Bertz CT molecular complexity index is 1050. The van der Waals surface area contributed by atoms with Gasteiger partial charge in [0.1, 0.15) is 11.8 Å². The van der Waals surface area contributed by atoms with Gasteiger partial charge in [-0.1, -0.05) is 54.8 Å². The van der Waals surface area contributed by atoms with Gasteiger partial charge in [-0.2, -0.15) is 0 Å². The van der Waals surface area contributed by atoms with E-state index < -0.39 is 6.04 Å². The van der Waals surface area contributed by atoms with Gasteiger partial charge in [0.05, 0.1) is 13.4 Å². The fraction of sp³-hybridized carbons (Fsp3) is 0.333. The maximum Gasteiger partial charge on any atom is 0.290 e. The minimum Gasteiger partial charge on any atom is -0.497 e. The van der Waals surface area contributed by atoms with Crippen LogP contribution >= 0.6 is 0 Å². The van der Waals surface area contributed by atoms with E-state index in [4.69, 9.17) is 9.15 Å². The van der Waals surface area contributed by atoms with Gasteiger partial charge in [-0.05, 0) is 55.2 Å². The lowest BCUT2D eigenvalue weighted by Gasteiger charge is -2.32. The van der Waals surface area contributed by atoms with Crippen molar-refractivity contribution in [3.05, 3.63) is 89.4 Å². The van der Waals surface area contributed by atoms with E-state index in [0.717, 1.165) is 48.1 Å². The van der Waals surface area contributed by atoms with Gasteiger partial charge in [0.25, 0.3) is 5.91 Å². The number of furan rings is 1. The zero-order chi connectivity index (χ0) is 23.2. The summed E-state index contributed by atoms with van der Waals surface area (Å²) >= 11 is 0. The number of amides is 2. The molecule has 0 bridgehead atoms. The molecule has 1 aliphatic rings. The molecule has 1 fully saturated rings. The predicted octanol–water partition coefficient (Wildman–Crippen LogP) is 5.04. The summed E-state index contributed by atoms with van der Waals surface area (Å²) in [6.45, 7) is 2.25. The molecule has 172 valence electrons. The Morgan fingerprint density at radius 2 is 1.76 bits per heavy atom. The summed E-state index contributed by atoms with van der Waals surface area (Å²) < 4.78 is 10.7. The van der Waals surface area contributed by atoms with Gasteiger partial charge in [0.2, 0.25) is 5.91 Å². The van der Waals surface area contributed by atoms with E-state index in [0.29, 0.717) is 0 Å². The Labute approximate surface area is 194 Å². The van der Waals surface area contributed by atoms with Crippen molar-refractivity contribution in [2.45, 2.75) is 51.2 Å². The van der Waals surface area contributed by atoms with Gasteiger partial charge >= 0.3 is 0 Å². The SMILES string of the molecule is COc1ccc(CN(C(=O)c2ccco2)[C@@H](C(=O)NC2CCCC2)c2ccc(C)cc2)cc1. The monoisotopic (exact) mass is 446 g/mol. The first-order chi connectivity index (χ1) is 16.0. The summed E-state index contributed by atoms with van der Waals surface area (Å²) in [5, 5.41) is 3.19. The molecule has 1 atom stereocenters. The minimum absolute atomic E-state index is 0.145. The maximum absolute atomic E-state index is 13.6. The highest BCUT2D eigenvalue weighted by Gasteiger charge is 2.34. The van der Waals surface area contributed by atoms with Crippen LogP contribution < -0.4 is 10.1 Å². The lowest BCUT2D eigenvalue weighted by Crippen LogP contribution is -2.45. The quantitative estimate of drug-likeness (QED) is 0.526. The zero-order valence-electron chi connectivity index (χ0n) is 19.1. The molecule has 0 aliphatic heterocycles. The summed E-state index contributed by atoms with van der Waals surface area (Å²) in [4.78, 5) is 28.8. The average Bonchev–Trinajstić information content (AvgIpc) is 3.54. The number of rotatable bonds is 8. The number of hydrogen-bond donors (Lipinski definition) is 1. The van der Waals surface area contributed by atoms with Crippen LogP contribution in [0.2, 0.25) is 0 Å². The van der Waals surface area contributed by atoms with Crippen molar-refractivity contribution in [1.29, 1.82) is 0 Å². The Kier molecular flexibility index (Phi) is 7.13. The third-order valence-corrected chi connectivity index (χ3v) is 6.16. The summed E-state index contributed by atoms with van der Waals surface area (Å²) in [5.41, 5.74) is 2.75. The van der Waals surface area contributed by atoms with Gasteiger partial charge in [-0.25, -0.2) is 0 Å². The molecule has 1 N–H and O–H groups in total. The van der Waals surface area contributed by atoms with E-state index in [1.54, 1.807) is 24.1 Å². The van der Waals surface area contributed by atoms with Crippen molar-refractivity contribution in [2.75, 3.05) is 7.11 Å². The molecule has 6 nitrogen and oxygen atoms in total. The Morgan fingerprint density at radius 3 is 2.36 bits per heavy atom. The molecule has 0 unspecified atom stereocenters. The summed E-state index contributed by atoms with van der Waals surface area (Å²) in [6.07, 6.45) is 5.63. The van der Waals surface area contributed by atoms with Gasteiger partial charge in [0.15, 0.2) is 5.76 Å². The number of carbonyl (C=O) groups is 2. The number of methoxy groups -OCH3 is 1. The molecule has 33 heavy (non-hydrogen) atoms. The van der Waals surface area contributed by atoms with E-state index in [1.807, 2.05) is 55.5 Å². The van der Waals surface area contributed by atoms with Gasteiger partial charge in [-0.3, -0.25) is 9.59 Å². The van der Waals surface area contributed by atoms with E-state index >= 15 is 0 Å². The van der Waals surface area contributed by atoms with Crippen molar-refractivity contribution in [1.82, 2.24) is 10.2 Å². The van der Waals surface area contributed by atoms with Crippen molar-refractivity contribution in [3.8, 4) is 5.75 Å². The van der Waals surface area contributed by atoms with E-state index in [2.05, 4.69) is 5.32 Å². The van der Waals surface area contributed by atoms with E-state index in [9.17, 15) is 9.59 Å². The lowest BCUT2D eigenvalue weighted by atomic mass is 10.0. The highest BCUT2D eigenvalue weighted by molar-refractivity contribution is 5.96. The predicted molar refractivity (Wildman–Crippen MR) is 126 cm³/mol. The normalized spacial score (nSPS) is 14.6. The molecule has 0 radical (unpaired) electrons. The molecule has 0 saturated heterocycles. The number of hydrogen-bond acceptors (Lipinski definition) is 4. The van der Waals surface area contributed by atoms with Crippen molar-refractivity contribution < 1.29 is 18.7 Å². The summed E-state index contributed by atoms with van der Waals surface area (Å²) in [7, 11) is 1.61. The third-order valence-electron chi connectivity index (χ3n) is 6.16. The van der Waals surface area contributed by atoms with Crippen LogP contribution in [-0.4, -0.2) is 29.9 Å². The van der Waals surface area contributed by atoms with E-state index in [1.165, 1.54) is 6.26 Å². The van der Waals surface area contributed by atoms with Crippen molar-refractivity contribution in [2.24, 2.45) is 0 Å². The molecule has 4 rings (SSSR count). The van der Waals surface area contributed by atoms with Crippen LogP contribution in [0, 0.1) is 6.92 Å². The average molecular weight is 447 g/mol. The second kappa shape index (κ2) is 10.4. The topological polar surface area (TPSA) is 71.8 Å². The van der Waals surface area contributed by atoms with Crippen LogP contribution in [0.4, 0.5) is 0 Å². The second-order valence-electron chi connectivity index (χ2n) is 8.56. The Morgan fingerprint density at radius 1 is 1.06 bits per heavy atom. The first-order valence-corrected chi connectivity index (χ1v) is 11.4. The zero-order valence-corrected chi connectivity index (χ0v) is 19.1. The Balaban J connectivity index is 1.72. The lowest BCUT2D eigenvalue weighted by molar-refractivity contribution is -0.126. The van der Waals surface area contributed by atoms with Crippen LogP contribution in [0.5, 0.6) is 5.75 Å². The highest BCUT2D eigenvalue weighted by Crippen LogP contribution is 2.28. The smallest absolute Gasteiger partial charge is 0.290 e. The van der Waals surface area contributed by atoms with Crippen LogP contribution in [0.1, 0.15) is 59.0 Å². The summed E-state index contributed by atoms with van der Waals surface area (Å²) in [5.74, 6) is 0.438. The van der Waals surface area contributed by atoms with Crippen molar-refractivity contribution >= 4 is 11.8 Å². The van der Waals surface area contributed by atoms with Crippen LogP contribution in [0.15, 0.2) is 71.3 Å². The molecular weight excluding hydrogens is 416 g/mol. The molecular formula is C27H30N2O4. The molecule has 3 aromatic rings. The van der Waals surface area contributed by atoms with Gasteiger partial charge in [0, 0.05) is 12.6 Å². The molecule has 1 heterocycles. The number of benzene rings is 2. The molecule has 1 aromatic heterocycles. The molecule has 1 saturated carbocycles. The standard InChI is InChI=1S/C27H30N2O4/c1-19-9-13-21(14-10-19)25(26(30)28-22-6-3-4-7-22)29(27(31)24-8-5-17-33-24)18-20-11-15-23(32-2)16-12-20/h5,8-17,22,25H,3-4,6-7,18H2,1-2H3,(H,28,30)/t25-/m1/s1. The van der Waals surface area contributed by atoms with E-state index in [-0.39, 0.29) is 30.2 Å². The molecule has 6 heteroatoms. The fourth-order valence-electron chi connectivity index (χ4n) is 4.32. The first kappa shape index (κ1) is 22.6. The third kappa shape index (κ3) is 5.45. The van der Waals surface area contributed by atoms with Crippen LogP contribution in [0.25, 0.3) is 0 Å². The minimum atomic E-state index is -0.786. The molecule has 2 amide bonds. The summed E-state index contributed by atoms with van der Waals surface area (Å²) in [6, 6.07) is 18.0. The number of nitrogens with one attached hydrogen (secondary N) is 1.